The molecule has 0 spiro atoms. The van der Waals surface area contributed by atoms with E-state index in [2.05, 4.69) is 34.8 Å². The fourth-order valence-electron chi connectivity index (χ4n) is 3.67. The lowest BCUT2D eigenvalue weighted by atomic mass is 10.1. The lowest BCUT2D eigenvalue weighted by molar-refractivity contribution is 0.0691. The number of rotatable bonds is 4. The van der Waals surface area contributed by atoms with Crippen LogP contribution >= 0.6 is 0 Å². The number of fused-ring (bicyclic) bond motifs is 1. The number of aromatic carboxylic acids is 1. The summed E-state index contributed by atoms with van der Waals surface area (Å²) in [5.41, 5.74) is 2.33. The van der Waals surface area contributed by atoms with E-state index in [4.69, 9.17) is 5.11 Å². The van der Waals surface area contributed by atoms with Gasteiger partial charge in [-0.15, -0.1) is 0 Å². The van der Waals surface area contributed by atoms with E-state index >= 15 is 0 Å². The van der Waals surface area contributed by atoms with Gasteiger partial charge in [-0.2, -0.15) is 0 Å². The fraction of sp³-hybridized carbons (Fsp3) is 0.471. The third-order valence-electron chi connectivity index (χ3n) is 5.36. The number of aryl methyl sites for hydroxylation is 1. The van der Waals surface area contributed by atoms with Crippen LogP contribution in [0.5, 0.6) is 0 Å². The molecule has 1 N–H and O–H groups in total. The molecular formula is C17H20N4O2. The maximum atomic E-state index is 10.9. The molecule has 0 bridgehead atoms. The van der Waals surface area contributed by atoms with Gasteiger partial charge in [0.1, 0.15) is 5.82 Å². The highest BCUT2D eigenvalue weighted by Crippen LogP contribution is 2.51. The van der Waals surface area contributed by atoms with Crippen molar-refractivity contribution in [3.05, 3.63) is 41.6 Å². The molecule has 2 aliphatic rings. The summed E-state index contributed by atoms with van der Waals surface area (Å²) in [5, 5.41) is 8.93. The van der Waals surface area contributed by atoms with Gasteiger partial charge in [0.15, 0.2) is 5.69 Å². The molecule has 0 aromatic carbocycles. The number of imidazole rings is 1. The highest BCUT2D eigenvalue weighted by molar-refractivity contribution is 5.84. The van der Waals surface area contributed by atoms with Crippen LogP contribution in [0, 0.1) is 24.7 Å². The molecule has 3 atom stereocenters. The molecule has 6 nitrogen and oxygen atoms in total. The molecule has 1 saturated heterocycles. The Morgan fingerprint density at radius 1 is 1.35 bits per heavy atom. The van der Waals surface area contributed by atoms with Gasteiger partial charge < -0.3 is 14.6 Å². The standard InChI is InChI=1S/C17H20N4O2/c1-10-3-16(21-6-13-11(2)14(13)7-21)18-4-12(10)5-20-8-15(17(22)23)19-9-20/h3-4,8-9,11,13-14H,5-7H2,1-2H3,(H,22,23)/t11?,13-,14+. The van der Waals surface area contributed by atoms with Crippen molar-refractivity contribution < 1.29 is 9.90 Å². The van der Waals surface area contributed by atoms with Gasteiger partial charge in [0.05, 0.1) is 12.9 Å². The summed E-state index contributed by atoms with van der Waals surface area (Å²) in [5.74, 6) is 2.66. The molecular weight excluding hydrogens is 292 g/mol. The smallest absolute Gasteiger partial charge is 0.356 e. The molecule has 3 heterocycles. The molecule has 1 aliphatic heterocycles. The molecule has 120 valence electrons. The van der Waals surface area contributed by atoms with Crippen LogP contribution in [0.1, 0.15) is 28.5 Å². The van der Waals surface area contributed by atoms with Crippen LogP contribution in [0.15, 0.2) is 24.8 Å². The maximum Gasteiger partial charge on any atom is 0.356 e. The quantitative estimate of drug-likeness (QED) is 0.935. The number of aromatic nitrogens is 3. The molecule has 1 saturated carbocycles. The van der Waals surface area contributed by atoms with Crippen molar-refractivity contribution in [3.8, 4) is 0 Å². The van der Waals surface area contributed by atoms with Gasteiger partial charge in [-0.1, -0.05) is 6.92 Å². The van der Waals surface area contributed by atoms with Crippen LogP contribution < -0.4 is 4.90 Å². The van der Waals surface area contributed by atoms with Gasteiger partial charge >= 0.3 is 5.97 Å². The van der Waals surface area contributed by atoms with E-state index in [9.17, 15) is 4.79 Å². The first kappa shape index (κ1) is 14.2. The minimum absolute atomic E-state index is 0.0673. The Kier molecular flexibility index (Phi) is 3.14. The van der Waals surface area contributed by atoms with Crippen molar-refractivity contribution >= 4 is 11.8 Å². The zero-order valence-electron chi connectivity index (χ0n) is 13.3. The predicted octanol–water partition coefficient (Wildman–Crippen LogP) is 2.04. The minimum atomic E-state index is -1.00. The highest BCUT2D eigenvalue weighted by atomic mass is 16.4. The molecule has 4 rings (SSSR count). The van der Waals surface area contributed by atoms with Crippen LogP contribution in [-0.2, 0) is 6.54 Å². The van der Waals surface area contributed by atoms with Crippen molar-refractivity contribution in [2.75, 3.05) is 18.0 Å². The Hall–Kier alpha value is -2.37. The number of carboxylic acid groups (broad SMARTS) is 1. The zero-order valence-corrected chi connectivity index (χ0v) is 13.3. The van der Waals surface area contributed by atoms with Crippen LogP contribution in [-0.4, -0.2) is 38.7 Å². The van der Waals surface area contributed by atoms with E-state index in [1.54, 1.807) is 17.1 Å². The number of carboxylic acids is 1. The number of pyridine rings is 1. The van der Waals surface area contributed by atoms with E-state index < -0.39 is 5.97 Å². The fourth-order valence-corrected chi connectivity index (χ4v) is 3.67. The first-order valence-electron chi connectivity index (χ1n) is 7.98. The third kappa shape index (κ3) is 2.48. The largest absolute Gasteiger partial charge is 0.476 e. The van der Waals surface area contributed by atoms with Crippen LogP contribution in [0.3, 0.4) is 0 Å². The number of carbonyl (C=O) groups is 1. The van der Waals surface area contributed by atoms with Crippen molar-refractivity contribution in [1.29, 1.82) is 0 Å². The van der Waals surface area contributed by atoms with Crippen LogP contribution in [0.25, 0.3) is 0 Å². The minimum Gasteiger partial charge on any atom is -0.476 e. The summed E-state index contributed by atoms with van der Waals surface area (Å²) in [7, 11) is 0. The summed E-state index contributed by atoms with van der Waals surface area (Å²) >= 11 is 0. The summed E-state index contributed by atoms with van der Waals surface area (Å²) in [6.45, 7) is 7.25. The molecule has 2 aromatic rings. The van der Waals surface area contributed by atoms with Gasteiger partial charge in [0.2, 0.25) is 0 Å². The Labute approximate surface area is 134 Å². The molecule has 1 unspecified atom stereocenters. The monoisotopic (exact) mass is 312 g/mol. The number of hydrogen-bond donors (Lipinski definition) is 1. The topological polar surface area (TPSA) is 71.2 Å². The maximum absolute atomic E-state index is 10.9. The highest BCUT2D eigenvalue weighted by Gasteiger charge is 2.52. The summed E-state index contributed by atoms with van der Waals surface area (Å²) in [4.78, 5) is 21.8. The Balaban J connectivity index is 1.48. The first-order valence-corrected chi connectivity index (χ1v) is 7.98. The lowest BCUT2D eigenvalue weighted by Crippen LogP contribution is -2.24. The van der Waals surface area contributed by atoms with E-state index in [1.165, 1.54) is 5.56 Å². The van der Waals surface area contributed by atoms with E-state index in [-0.39, 0.29) is 5.69 Å². The number of anilines is 1. The molecule has 23 heavy (non-hydrogen) atoms. The number of hydrogen-bond acceptors (Lipinski definition) is 4. The summed E-state index contributed by atoms with van der Waals surface area (Å²) in [6, 6.07) is 2.14. The van der Waals surface area contributed by atoms with Gasteiger partial charge in [0, 0.05) is 25.5 Å². The molecule has 6 heteroatoms. The molecule has 2 fully saturated rings. The SMILES string of the molecule is Cc1cc(N2C[C@@H]3C(C)[C@@H]3C2)ncc1Cn1cnc(C(=O)O)c1. The van der Waals surface area contributed by atoms with Gasteiger partial charge in [0.25, 0.3) is 0 Å². The Bertz CT molecular complexity index is 758. The van der Waals surface area contributed by atoms with Crippen molar-refractivity contribution in [2.45, 2.75) is 20.4 Å². The molecule has 1 aliphatic carbocycles. The predicted molar refractivity (Wildman–Crippen MR) is 85.6 cm³/mol. The first-order chi connectivity index (χ1) is 11.0. The lowest BCUT2D eigenvalue weighted by Gasteiger charge is -2.21. The van der Waals surface area contributed by atoms with E-state index in [0.717, 1.165) is 42.2 Å². The second kappa shape index (κ2) is 5.08. The average molecular weight is 312 g/mol. The van der Waals surface area contributed by atoms with E-state index in [1.807, 2.05) is 6.20 Å². The molecule has 0 amide bonds. The van der Waals surface area contributed by atoms with Crippen molar-refractivity contribution in [3.63, 3.8) is 0 Å². The Morgan fingerprint density at radius 2 is 2.09 bits per heavy atom. The Morgan fingerprint density at radius 3 is 2.70 bits per heavy atom. The second-order valence-electron chi connectivity index (χ2n) is 6.80. The van der Waals surface area contributed by atoms with Gasteiger partial charge in [-0.25, -0.2) is 14.8 Å². The molecule has 2 aromatic heterocycles. The van der Waals surface area contributed by atoms with Crippen molar-refractivity contribution in [2.24, 2.45) is 17.8 Å². The normalized spacial score (nSPS) is 25.5. The van der Waals surface area contributed by atoms with Crippen molar-refractivity contribution in [1.82, 2.24) is 14.5 Å². The van der Waals surface area contributed by atoms with Gasteiger partial charge in [-0.3, -0.25) is 0 Å². The summed E-state index contributed by atoms with van der Waals surface area (Å²) < 4.78 is 1.78. The average Bonchev–Trinajstić information content (AvgIpc) is 2.94. The van der Waals surface area contributed by atoms with Crippen LogP contribution in [0.4, 0.5) is 5.82 Å². The zero-order chi connectivity index (χ0) is 16.1. The second-order valence-corrected chi connectivity index (χ2v) is 6.80. The van der Waals surface area contributed by atoms with Crippen LogP contribution in [0.2, 0.25) is 0 Å². The van der Waals surface area contributed by atoms with Gasteiger partial charge in [-0.05, 0) is 41.9 Å². The molecule has 0 radical (unpaired) electrons. The van der Waals surface area contributed by atoms with E-state index in [0.29, 0.717) is 6.54 Å². The number of piperidine rings is 1. The number of nitrogens with zero attached hydrogens (tertiary/aromatic N) is 4. The summed E-state index contributed by atoms with van der Waals surface area (Å²) in [6.07, 6.45) is 5.00. The third-order valence-corrected chi connectivity index (χ3v) is 5.36.